The van der Waals surface area contributed by atoms with E-state index in [2.05, 4.69) is 5.32 Å². The lowest BCUT2D eigenvalue weighted by atomic mass is 10.0. The van der Waals surface area contributed by atoms with E-state index >= 15 is 0 Å². The summed E-state index contributed by atoms with van der Waals surface area (Å²) in [6.45, 7) is 2.99. The Morgan fingerprint density at radius 1 is 0.950 bits per heavy atom. The zero-order valence-corrected chi connectivity index (χ0v) is 11.0. The monoisotopic (exact) mass is 283 g/mol. The van der Waals surface area contributed by atoms with Crippen LogP contribution in [-0.4, -0.2) is 0 Å². The molecule has 106 valence electrons. The SMILES string of the molecule is Cc1cc(F)c(C(C)Nc2cccc(F)c2F)cc1F. The van der Waals surface area contributed by atoms with Crippen LogP contribution in [-0.2, 0) is 0 Å². The second kappa shape index (κ2) is 5.53. The van der Waals surface area contributed by atoms with Crippen LogP contribution in [0.2, 0.25) is 0 Å². The van der Waals surface area contributed by atoms with E-state index in [1.165, 1.54) is 26.0 Å². The van der Waals surface area contributed by atoms with Gasteiger partial charge in [0.05, 0.1) is 11.7 Å². The van der Waals surface area contributed by atoms with Crippen molar-refractivity contribution in [1.82, 2.24) is 0 Å². The fourth-order valence-corrected chi connectivity index (χ4v) is 1.92. The number of anilines is 1. The summed E-state index contributed by atoms with van der Waals surface area (Å²) in [6, 6.07) is 5.07. The van der Waals surface area contributed by atoms with Crippen LogP contribution in [0.3, 0.4) is 0 Å². The summed E-state index contributed by atoms with van der Waals surface area (Å²) in [4.78, 5) is 0. The molecule has 0 aliphatic rings. The van der Waals surface area contributed by atoms with Gasteiger partial charge in [0.2, 0.25) is 0 Å². The molecule has 0 radical (unpaired) electrons. The molecule has 2 rings (SSSR count). The van der Waals surface area contributed by atoms with Crippen molar-refractivity contribution in [3.8, 4) is 0 Å². The maximum atomic E-state index is 13.8. The van der Waals surface area contributed by atoms with Crippen molar-refractivity contribution >= 4 is 5.69 Å². The fourth-order valence-electron chi connectivity index (χ4n) is 1.92. The topological polar surface area (TPSA) is 12.0 Å². The average molecular weight is 283 g/mol. The Hall–Kier alpha value is -2.04. The van der Waals surface area contributed by atoms with Gasteiger partial charge in [-0.1, -0.05) is 6.07 Å². The minimum absolute atomic E-state index is 0.0526. The van der Waals surface area contributed by atoms with Crippen LogP contribution in [0.15, 0.2) is 30.3 Å². The first-order valence-corrected chi connectivity index (χ1v) is 6.06. The molecule has 0 spiro atoms. The van der Waals surface area contributed by atoms with Gasteiger partial charge in [-0.2, -0.15) is 0 Å². The molecular weight excluding hydrogens is 270 g/mol. The van der Waals surface area contributed by atoms with Crippen molar-refractivity contribution in [2.45, 2.75) is 19.9 Å². The maximum Gasteiger partial charge on any atom is 0.181 e. The van der Waals surface area contributed by atoms with Gasteiger partial charge < -0.3 is 5.32 Å². The predicted octanol–water partition coefficient (Wildman–Crippen LogP) is 4.72. The molecule has 0 amide bonds. The summed E-state index contributed by atoms with van der Waals surface area (Å²) in [5, 5.41) is 2.63. The third-order valence-corrected chi connectivity index (χ3v) is 3.07. The summed E-state index contributed by atoms with van der Waals surface area (Å²) >= 11 is 0. The molecule has 0 saturated heterocycles. The summed E-state index contributed by atoms with van der Waals surface area (Å²) in [6.07, 6.45) is 0. The molecule has 1 unspecified atom stereocenters. The average Bonchev–Trinajstić information content (AvgIpc) is 2.39. The van der Waals surface area contributed by atoms with Gasteiger partial charge in [0.25, 0.3) is 0 Å². The smallest absolute Gasteiger partial charge is 0.181 e. The fraction of sp³-hybridized carbons (Fsp3) is 0.200. The normalized spacial score (nSPS) is 12.3. The lowest BCUT2D eigenvalue weighted by Crippen LogP contribution is -2.11. The molecular formula is C15H13F4N. The van der Waals surface area contributed by atoms with Gasteiger partial charge in [-0.25, -0.2) is 17.6 Å². The highest BCUT2D eigenvalue weighted by Crippen LogP contribution is 2.26. The van der Waals surface area contributed by atoms with Gasteiger partial charge in [0.15, 0.2) is 11.6 Å². The van der Waals surface area contributed by atoms with E-state index in [0.717, 1.165) is 18.2 Å². The minimum atomic E-state index is -1.05. The van der Waals surface area contributed by atoms with Gasteiger partial charge in [-0.3, -0.25) is 0 Å². The zero-order valence-electron chi connectivity index (χ0n) is 11.0. The van der Waals surface area contributed by atoms with Crippen LogP contribution in [0.1, 0.15) is 24.1 Å². The number of hydrogen-bond donors (Lipinski definition) is 1. The zero-order chi connectivity index (χ0) is 14.9. The molecule has 0 aliphatic carbocycles. The van der Waals surface area contributed by atoms with E-state index in [9.17, 15) is 17.6 Å². The number of aryl methyl sites for hydroxylation is 1. The molecule has 2 aromatic rings. The Labute approximate surface area is 114 Å². The summed E-state index contributed by atoms with van der Waals surface area (Å²) in [5.74, 6) is -3.19. The Morgan fingerprint density at radius 2 is 1.65 bits per heavy atom. The molecule has 0 heterocycles. The van der Waals surface area contributed by atoms with Crippen molar-refractivity contribution in [3.63, 3.8) is 0 Å². The Balaban J connectivity index is 2.31. The minimum Gasteiger partial charge on any atom is -0.376 e. The van der Waals surface area contributed by atoms with Crippen LogP contribution in [0.4, 0.5) is 23.2 Å². The maximum absolute atomic E-state index is 13.8. The van der Waals surface area contributed by atoms with E-state index in [1.807, 2.05) is 0 Å². The first-order valence-electron chi connectivity index (χ1n) is 6.06. The van der Waals surface area contributed by atoms with E-state index in [0.29, 0.717) is 0 Å². The van der Waals surface area contributed by atoms with E-state index in [1.54, 1.807) is 0 Å². The van der Waals surface area contributed by atoms with Crippen molar-refractivity contribution in [1.29, 1.82) is 0 Å². The van der Waals surface area contributed by atoms with Crippen molar-refractivity contribution < 1.29 is 17.6 Å². The quantitative estimate of drug-likeness (QED) is 0.803. The van der Waals surface area contributed by atoms with Gasteiger partial charge in [0.1, 0.15) is 11.6 Å². The largest absolute Gasteiger partial charge is 0.376 e. The number of rotatable bonds is 3. The summed E-state index contributed by atoms with van der Waals surface area (Å²) < 4.78 is 53.9. The van der Waals surface area contributed by atoms with Crippen molar-refractivity contribution in [2.75, 3.05) is 5.32 Å². The highest BCUT2D eigenvalue weighted by Gasteiger charge is 2.16. The molecule has 1 N–H and O–H groups in total. The first kappa shape index (κ1) is 14.4. The third-order valence-electron chi connectivity index (χ3n) is 3.07. The van der Waals surface area contributed by atoms with Crippen molar-refractivity contribution in [3.05, 3.63) is 64.7 Å². The highest BCUT2D eigenvalue weighted by molar-refractivity contribution is 5.47. The predicted molar refractivity (Wildman–Crippen MR) is 69.5 cm³/mol. The Kier molecular flexibility index (Phi) is 3.97. The molecule has 0 aliphatic heterocycles. The number of halogens is 4. The summed E-state index contributed by atoms with van der Waals surface area (Å²) in [7, 11) is 0. The van der Waals surface area contributed by atoms with Crippen LogP contribution >= 0.6 is 0 Å². The molecule has 0 saturated carbocycles. The Bertz CT molecular complexity index is 640. The lowest BCUT2D eigenvalue weighted by molar-refractivity contribution is 0.509. The molecule has 0 fully saturated rings. The van der Waals surface area contributed by atoms with E-state index in [-0.39, 0.29) is 16.8 Å². The molecule has 5 heteroatoms. The van der Waals surface area contributed by atoms with Crippen molar-refractivity contribution in [2.24, 2.45) is 0 Å². The molecule has 0 bridgehead atoms. The number of benzene rings is 2. The second-order valence-electron chi connectivity index (χ2n) is 4.59. The van der Waals surface area contributed by atoms with Gasteiger partial charge in [-0.15, -0.1) is 0 Å². The Morgan fingerprint density at radius 3 is 2.35 bits per heavy atom. The first-order chi connectivity index (χ1) is 9.40. The molecule has 20 heavy (non-hydrogen) atoms. The van der Waals surface area contributed by atoms with Crippen LogP contribution in [0, 0.1) is 30.2 Å². The number of nitrogens with one attached hydrogen (secondary N) is 1. The van der Waals surface area contributed by atoms with E-state index in [4.69, 9.17) is 0 Å². The van der Waals surface area contributed by atoms with E-state index < -0.39 is 29.3 Å². The second-order valence-corrected chi connectivity index (χ2v) is 4.59. The molecule has 1 atom stereocenters. The third kappa shape index (κ3) is 2.76. The lowest BCUT2D eigenvalue weighted by Gasteiger charge is -2.17. The summed E-state index contributed by atoms with van der Waals surface area (Å²) in [5.41, 5.74) is 0.144. The van der Waals surface area contributed by atoms with Gasteiger partial charge in [0, 0.05) is 5.56 Å². The van der Waals surface area contributed by atoms with Gasteiger partial charge >= 0.3 is 0 Å². The van der Waals surface area contributed by atoms with Crippen LogP contribution < -0.4 is 5.32 Å². The molecule has 2 aromatic carbocycles. The highest BCUT2D eigenvalue weighted by atomic mass is 19.2. The standard InChI is InChI=1S/C15H13F4N/c1-8-6-13(18)10(7-12(8)17)9(2)20-14-5-3-4-11(16)15(14)19/h3-7,9,20H,1-2H3. The van der Waals surface area contributed by atoms with Crippen LogP contribution in [0.5, 0.6) is 0 Å². The molecule has 1 nitrogen and oxygen atoms in total. The molecule has 0 aromatic heterocycles. The van der Waals surface area contributed by atoms with Gasteiger partial charge in [-0.05, 0) is 43.7 Å². The number of hydrogen-bond acceptors (Lipinski definition) is 1. The van der Waals surface area contributed by atoms with Crippen LogP contribution in [0.25, 0.3) is 0 Å².